The van der Waals surface area contributed by atoms with Crippen LogP contribution in [0.3, 0.4) is 0 Å². The zero-order valence-corrected chi connectivity index (χ0v) is 14.2. The van der Waals surface area contributed by atoms with Gasteiger partial charge >= 0.3 is 6.18 Å². The van der Waals surface area contributed by atoms with Crippen LogP contribution >= 0.6 is 0 Å². The summed E-state index contributed by atoms with van der Waals surface area (Å²) >= 11 is 0. The van der Waals surface area contributed by atoms with Crippen LogP contribution in [0.1, 0.15) is 16.7 Å². The second kappa shape index (κ2) is 7.75. The summed E-state index contributed by atoms with van der Waals surface area (Å²) in [7, 11) is 0. The van der Waals surface area contributed by atoms with Crippen molar-refractivity contribution in [1.82, 2.24) is 9.97 Å². The number of nitriles is 1. The van der Waals surface area contributed by atoms with E-state index in [1.165, 1.54) is 18.2 Å². The minimum absolute atomic E-state index is 0.108. The Hall–Kier alpha value is -3.93. The lowest BCUT2D eigenvalue weighted by atomic mass is 10.1. The fourth-order valence-electron chi connectivity index (χ4n) is 2.47. The molecule has 0 saturated carbocycles. The maximum absolute atomic E-state index is 13.0. The summed E-state index contributed by atoms with van der Waals surface area (Å²) in [5, 5.41) is 12.9. The standard InChI is InChI=1S/C19H12F3N5O/c20-19(21,22)15-9-5-4-8-13(15)11-24-27-18-25-16(12-6-2-1-3-7-12)14(10-23)17(28)26-18/h1-9,11H,(H2,25,26,27,28). The molecule has 9 heteroatoms. The van der Waals surface area contributed by atoms with Crippen LogP contribution < -0.4 is 11.0 Å². The molecule has 0 fully saturated rings. The average Bonchev–Trinajstić information content (AvgIpc) is 2.68. The smallest absolute Gasteiger partial charge is 0.290 e. The third-order valence-corrected chi connectivity index (χ3v) is 3.72. The van der Waals surface area contributed by atoms with Crippen molar-refractivity contribution in [2.24, 2.45) is 5.10 Å². The van der Waals surface area contributed by atoms with Crippen LogP contribution in [0.25, 0.3) is 11.3 Å². The molecule has 3 rings (SSSR count). The molecule has 0 saturated heterocycles. The lowest BCUT2D eigenvalue weighted by molar-refractivity contribution is -0.137. The summed E-state index contributed by atoms with van der Waals surface area (Å²) in [4.78, 5) is 18.6. The van der Waals surface area contributed by atoms with Gasteiger partial charge < -0.3 is 0 Å². The molecule has 1 aromatic heterocycles. The lowest BCUT2D eigenvalue weighted by Crippen LogP contribution is -2.16. The normalized spacial score (nSPS) is 11.4. The molecule has 1 heterocycles. The van der Waals surface area contributed by atoms with Gasteiger partial charge in [0.2, 0.25) is 5.95 Å². The van der Waals surface area contributed by atoms with Gasteiger partial charge in [-0.1, -0.05) is 48.5 Å². The molecule has 2 N–H and O–H groups in total. The van der Waals surface area contributed by atoms with E-state index in [0.29, 0.717) is 5.56 Å². The maximum atomic E-state index is 13.0. The first-order valence-corrected chi connectivity index (χ1v) is 7.95. The van der Waals surface area contributed by atoms with Gasteiger partial charge in [0.25, 0.3) is 5.56 Å². The predicted molar refractivity (Wildman–Crippen MR) is 97.7 cm³/mol. The van der Waals surface area contributed by atoms with E-state index in [9.17, 15) is 23.2 Å². The van der Waals surface area contributed by atoms with Gasteiger partial charge in [-0.25, -0.2) is 10.4 Å². The molecule has 3 aromatic rings. The molecule has 0 atom stereocenters. The Balaban J connectivity index is 1.93. The van der Waals surface area contributed by atoms with Crippen molar-refractivity contribution in [3.8, 4) is 17.3 Å². The SMILES string of the molecule is N#Cc1c(-c2ccccc2)nc(NN=Cc2ccccc2C(F)(F)F)[nH]c1=O. The number of nitrogens with zero attached hydrogens (tertiary/aromatic N) is 3. The van der Waals surface area contributed by atoms with E-state index in [4.69, 9.17) is 0 Å². The monoisotopic (exact) mass is 383 g/mol. The highest BCUT2D eigenvalue weighted by Gasteiger charge is 2.32. The Labute approximate surface area is 157 Å². The molecule has 6 nitrogen and oxygen atoms in total. The minimum atomic E-state index is -4.52. The molecule has 0 aliphatic carbocycles. The van der Waals surface area contributed by atoms with E-state index >= 15 is 0 Å². The Morgan fingerprint density at radius 2 is 1.79 bits per heavy atom. The van der Waals surface area contributed by atoms with E-state index in [0.717, 1.165) is 12.3 Å². The second-order valence-corrected chi connectivity index (χ2v) is 5.57. The Morgan fingerprint density at radius 3 is 2.46 bits per heavy atom. The van der Waals surface area contributed by atoms with E-state index in [1.54, 1.807) is 36.4 Å². The number of halogens is 3. The number of aromatic amines is 1. The number of hydrogen-bond donors (Lipinski definition) is 2. The van der Waals surface area contributed by atoms with Crippen LogP contribution in [0.4, 0.5) is 19.1 Å². The lowest BCUT2D eigenvalue weighted by Gasteiger charge is -2.09. The van der Waals surface area contributed by atoms with Gasteiger partial charge in [0, 0.05) is 11.1 Å². The Kier molecular flexibility index (Phi) is 5.22. The average molecular weight is 383 g/mol. The van der Waals surface area contributed by atoms with Crippen molar-refractivity contribution >= 4 is 12.2 Å². The highest BCUT2D eigenvalue weighted by molar-refractivity contribution is 5.82. The van der Waals surface area contributed by atoms with E-state index < -0.39 is 17.3 Å². The summed E-state index contributed by atoms with van der Waals surface area (Å²) in [6.07, 6.45) is -3.55. The van der Waals surface area contributed by atoms with Gasteiger partial charge in [0.1, 0.15) is 11.6 Å². The Bertz CT molecular complexity index is 1110. The van der Waals surface area contributed by atoms with Crippen molar-refractivity contribution < 1.29 is 13.2 Å². The van der Waals surface area contributed by atoms with Crippen LogP contribution in [0.2, 0.25) is 0 Å². The van der Waals surface area contributed by atoms with E-state index in [1.807, 2.05) is 0 Å². The number of benzene rings is 2. The van der Waals surface area contributed by atoms with Crippen LogP contribution in [-0.4, -0.2) is 16.2 Å². The zero-order chi connectivity index (χ0) is 20.1. The molecule has 0 unspecified atom stereocenters. The molecule has 0 bridgehead atoms. The van der Waals surface area contributed by atoms with Gasteiger partial charge in [0.05, 0.1) is 17.5 Å². The van der Waals surface area contributed by atoms with E-state index in [2.05, 4.69) is 20.5 Å². The number of nitrogens with one attached hydrogen (secondary N) is 2. The number of H-pyrrole nitrogens is 1. The zero-order valence-electron chi connectivity index (χ0n) is 14.2. The maximum Gasteiger partial charge on any atom is 0.417 e. The van der Waals surface area contributed by atoms with Crippen molar-refractivity contribution in [3.63, 3.8) is 0 Å². The van der Waals surface area contributed by atoms with Crippen molar-refractivity contribution in [3.05, 3.63) is 81.6 Å². The molecule has 0 spiro atoms. The highest BCUT2D eigenvalue weighted by atomic mass is 19.4. The molecule has 28 heavy (non-hydrogen) atoms. The molecule has 0 aliphatic rings. The quantitative estimate of drug-likeness (QED) is 0.530. The molecule has 0 aliphatic heterocycles. The number of hydrazone groups is 1. The molecular weight excluding hydrogens is 371 g/mol. The van der Waals surface area contributed by atoms with Crippen molar-refractivity contribution in [1.29, 1.82) is 5.26 Å². The number of hydrogen-bond acceptors (Lipinski definition) is 5. The molecule has 140 valence electrons. The number of aromatic nitrogens is 2. The van der Waals surface area contributed by atoms with Crippen LogP contribution in [0, 0.1) is 11.3 Å². The highest BCUT2D eigenvalue weighted by Crippen LogP contribution is 2.31. The minimum Gasteiger partial charge on any atom is -0.290 e. The van der Waals surface area contributed by atoms with Crippen LogP contribution in [0.5, 0.6) is 0 Å². The van der Waals surface area contributed by atoms with Gasteiger partial charge in [-0.05, 0) is 6.07 Å². The van der Waals surface area contributed by atoms with Gasteiger partial charge in [-0.15, -0.1) is 0 Å². The molecule has 0 radical (unpaired) electrons. The van der Waals surface area contributed by atoms with Crippen LogP contribution in [-0.2, 0) is 6.18 Å². The first-order valence-electron chi connectivity index (χ1n) is 7.95. The molecule has 2 aromatic carbocycles. The number of alkyl halides is 3. The fourth-order valence-corrected chi connectivity index (χ4v) is 2.47. The molecular formula is C19H12F3N5O. The van der Waals surface area contributed by atoms with Crippen LogP contribution in [0.15, 0.2) is 64.5 Å². The molecule has 0 amide bonds. The summed E-state index contributed by atoms with van der Waals surface area (Å²) in [6.45, 7) is 0. The summed E-state index contributed by atoms with van der Waals surface area (Å²) in [5.74, 6) is -0.108. The summed E-state index contributed by atoms with van der Waals surface area (Å²) in [5.41, 5.74) is 1.22. The summed E-state index contributed by atoms with van der Waals surface area (Å²) in [6, 6.07) is 15.3. The van der Waals surface area contributed by atoms with Gasteiger partial charge in [0.15, 0.2) is 0 Å². The van der Waals surface area contributed by atoms with E-state index in [-0.39, 0.29) is 22.8 Å². The fraction of sp³-hybridized carbons (Fsp3) is 0.0526. The van der Waals surface area contributed by atoms with Gasteiger partial charge in [-0.2, -0.15) is 23.5 Å². The summed E-state index contributed by atoms with van der Waals surface area (Å²) < 4.78 is 39.0. The Morgan fingerprint density at radius 1 is 1.11 bits per heavy atom. The van der Waals surface area contributed by atoms with Crippen molar-refractivity contribution in [2.45, 2.75) is 6.18 Å². The third-order valence-electron chi connectivity index (χ3n) is 3.72. The first-order chi connectivity index (χ1) is 13.4. The third kappa shape index (κ3) is 4.07. The first kappa shape index (κ1) is 18.8. The predicted octanol–water partition coefficient (Wildman–Crippen LogP) is 3.77. The number of rotatable bonds is 4. The topological polar surface area (TPSA) is 93.9 Å². The second-order valence-electron chi connectivity index (χ2n) is 5.57. The van der Waals surface area contributed by atoms with Gasteiger partial charge in [-0.3, -0.25) is 9.78 Å². The van der Waals surface area contributed by atoms with Crippen molar-refractivity contribution in [2.75, 3.05) is 5.43 Å². The number of anilines is 1. The largest absolute Gasteiger partial charge is 0.417 e.